The van der Waals surface area contributed by atoms with Crippen LogP contribution < -0.4 is 10.2 Å². The van der Waals surface area contributed by atoms with Crippen LogP contribution in [-0.4, -0.2) is 37.7 Å². The van der Waals surface area contributed by atoms with E-state index in [1.807, 2.05) is 19.1 Å². The van der Waals surface area contributed by atoms with Crippen molar-refractivity contribution < 1.29 is 23.1 Å². The van der Waals surface area contributed by atoms with Crippen molar-refractivity contribution in [3.63, 3.8) is 0 Å². The molecule has 0 unspecified atom stereocenters. The summed E-state index contributed by atoms with van der Waals surface area (Å²) in [6.07, 6.45) is 0. The summed E-state index contributed by atoms with van der Waals surface area (Å²) in [5, 5.41) is 0.112. The first-order valence-electron chi connectivity index (χ1n) is 9.34. The van der Waals surface area contributed by atoms with Gasteiger partial charge < -0.3 is 18.8 Å². The number of rotatable bonds is 6. The van der Waals surface area contributed by atoms with Gasteiger partial charge in [0.1, 0.15) is 17.1 Å². The molecule has 1 amide bonds. The maximum absolute atomic E-state index is 13.7. The van der Waals surface area contributed by atoms with Crippen LogP contribution in [0.25, 0.3) is 11.0 Å². The fraction of sp³-hybridized carbons (Fsp3) is 0.273. The lowest BCUT2D eigenvalue weighted by molar-refractivity contribution is 0.0663. The van der Waals surface area contributed by atoms with Crippen molar-refractivity contribution in [2.75, 3.05) is 26.9 Å². The van der Waals surface area contributed by atoms with Crippen molar-refractivity contribution in [3.05, 3.63) is 75.4 Å². The van der Waals surface area contributed by atoms with Gasteiger partial charge in [0, 0.05) is 13.7 Å². The van der Waals surface area contributed by atoms with Crippen molar-refractivity contribution >= 4 is 16.9 Å². The highest BCUT2D eigenvalue weighted by molar-refractivity contribution is 5.99. The Labute approximate surface area is 166 Å². The van der Waals surface area contributed by atoms with Crippen LogP contribution in [0.15, 0.2) is 51.7 Å². The Morgan fingerprint density at radius 1 is 1.14 bits per heavy atom. The smallest absolute Gasteiger partial charge is 0.290 e. The lowest BCUT2D eigenvalue weighted by Gasteiger charge is -2.25. The standard InChI is InChI=1S/C22H20FNO5/c1-3-28-15-7-4-13(5-8-15)19-18-20(25)16-12-14(23)6-9-17(16)29-21(18)22(26)24(19)10-11-27-2/h4-9,12,19H,3,10-11H2,1-2H3/t19-/m1/s1. The van der Waals surface area contributed by atoms with E-state index in [-0.39, 0.29) is 34.7 Å². The number of amides is 1. The number of carbonyl (C=O) groups is 1. The molecule has 0 radical (unpaired) electrons. The monoisotopic (exact) mass is 397 g/mol. The number of benzene rings is 2. The van der Waals surface area contributed by atoms with E-state index in [1.54, 1.807) is 24.1 Å². The largest absolute Gasteiger partial charge is 0.494 e. The third-order valence-corrected chi connectivity index (χ3v) is 4.97. The Balaban J connectivity index is 1.90. The van der Waals surface area contributed by atoms with E-state index >= 15 is 0 Å². The summed E-state index contributed by atoms with van der Waals surface area (Å²) >= 11 is 0. The number of methoxy groups -OCH3 is 1. The van der Waals surface area contributed by atoms with Gasteiger partial charge in [-0.1, -0.05) is 12.1 Å². The summed E-state index contributed by atoms with van der Waals surface area (Å²) in [6, 6.07) is 10.3. The maximum Gasteiger partial charge on any atom is 0.290 e. The molecule has 0 bridgehead atoms. The minimum absolute atomic E-state index is 0.0101. The molecule has 6 nitrogen and oxygen atoms in total. The van der Waals surface area contributed by atoms with Crippen LogP contribution in [0.4, 0.5) is 4.39 Å². The van der Waals surface area contributed by atoms with Crippen molar-refractivity contribution in [3.8, 4) is 5.75 Å². The van der Waals surface area contributed by atoms with Crippen LogP contribution >= 0.6 is 0 Å². The van der Waals surface area contributed by atoms with Gasteiger partial charge in [0.05, 0.1) is 30.2 Å². The van der Waals surface area contributed by atoms with Crippen LogP contribution in [0.2, 0.25) is 0 Å². The molecule has 0 N–H and O–H groups in total. The normalized spacial score (nSPS) is 15.8. The average Bonchev–Trinajstić information content (AvgIpc) is 3.00. The Hall–Kier alpha value is -3.19. The Bertz CT molecular complexity index is 1120. The Morgan fingerprint density at radius 3 is 2.59 bits per heavy atom. The second-order valence-corrected chi connectivity index (χ2v) is 6.71. The van der Waals surface area contributed by atoms with Crippen LogP contribution in [0.5, 0.6) is 5.75 Å². The molecule has 1 aliphatic heterocycles. The van der Waals surface area contributed by atoms with Gasteiger partial charge in [0.15, 0.2) is 5.43 Å². The van der Waals surface area contributed by atoms with E-state index in [2.05, 4.69) is 0 Å². The molecule has 1 atom stereocenters. The van der Waals surface area contributed by atoms with Gasteiger partial charge in [-0.2, -0.15) is 0 Å². The van der Waals surface area contributed by atoms with Crippen LogP contribution in [0, 0.1) is 5.82 Å². The number of hydrogen-bond donors (Lipinski definition) is 0. The number of halogens is 1. The third-order valence-electron chi connectivity index (χ3n) is 4.97. The zero-order valence-electron chi connectivity index (χ0n) is 16.1. The van der Waals surface area contributed by atoms with E-state index in [1.165, 1.54) is 12.1 Å². The Morgan fingerprint density at radius 2 is 1.90 bits per heavy atom. The third kappa shape index (κ3) is 3.27. The molecule has 0 fully saturated rings. The molecule has 0 aliphatic carbocycles. The second kappa shape index (κ2) is 7.67. The van der Waals surface area contributed by atoms with E-state index in [9.17, 15) is 14.0 Å². The van der Waals surface area contributed by atoms with Gasteiger partial charge in [-0.15, -0.1) is 0 Å². The zero-order chi connectivity index (χ0) is 20.5. The highest BCUT2D eigenvalue weighted by atomic mass is 19.1. The Kier molecular flexibility index (Phi) is 5.07. The fourth-order valence-electron chi connectivity index (χ4n) is 3.67. The molecular weight excluding hydrogens is 377 g/mol. The summed E-state index contributed by atoms with van der Waals surface area (Å²) in [4.78, 5) is 27.8. The number of nitrogens with zero attached hydrogens (tertiary/aromatic N) is 1. The number of ether oxygens (including phenoxy) is 2. The lowest BCUT2D eigenvalue weighted by Crippen LogP contribution is -2.32. The van der Waals surface area contributed by atoms with Crippen LogP contribution in [0.1, 0.15) is 34.6 Å². The predicted molar refractivity (Wildman–Crippen MR) is 105 cm³/mol. The molecule has 0 spiro atoms. The minimum atomic E-state index is -0.646. The van der Waals surface area contributed by atoms with Crippen molar-refractivity contribution in [2.24, 2.45) is 0 Å². The number of fused-ring (bicyclic) bond motifs is 2. The zero-order valence-corrected chi connectivity index (χ0v) is 16.1. The van der Waals surface area contributed by atoms with Crippen molar-refractivity contribution in [2.45, 2.75) is 13.0 Å². The number of hydrogen-bond acceptors (Lipinski definition) is 5. The summed E-state index contributed by atoms with van der Waals surface area (Å²) in [7, 11) is 1.54. The molecule has 0 saturated heterocycles. The second-order valence-electron chi connectivity index (χ2n) is 6.71. The van der Waals surface area contributed by atoms with E-state index in [0.29, 0.717) is 19.0 Å². The molecule has 1 aliphatic rings. The molecule has 2 heterocycles. The van der Waals surface area contributed by atoms with Crippen LogP contribution in [0.3, 0.4) is 0 Å². The summed E-state index contributed by atoms with van der Waals surface area (Å²) in [6.45, 7) is 3.00. The van der Waals surface area contributed by atoms with Gasteiger partial charge in [-0.25, -0.2) is 4.39 Å². The summed E-state index contributed by atoms with van der Waals surface area (Å²) < 4.78 is 30.1. The van der Waals surface area contributed by atoms with E-state index < -0.39 is 17.3 Å². The SMILES string of the molecule is CCOc1ccc([C@@H]2c3c(oc4ccc(F)cc4c3=O)C(=O)N2CCOC)cc1. The lowest BCUT2D eigenvalue weighted by atomic mass is 9.98. The van der Waals surface area contributed by atoms with Gasteiger partial charge >= 0.3 is 0 Å². The molecule has 150 valence electrons. The molecule has 3 aromatic rings. The first kappa shape index (κ1) is 19.1. The minimum Gasteiger partial charge on any atom is -0.494 e. The van der Waals surface area contributed by atoms with Gasteiger partial charge in [-0.3, -0.25) is 9.59 Å². The van der Waals surface area contributed by atoms with Crippen molar-refractivity contribution in [1.29, 1.82) is 0 Å². The quantitative estimate of drug-likeness (QED) is 0.637. The molecule has 29 heavy (non-hydrogen) atoms. The van der Waals surface area contributed by atoms with Crippen LogP contribution in [-0.2, 0) is 4.74 Å². The molecular formula is C22H20FNO5. The predicted octanol–water partition coefficient (Wildman–Crippen LogP) is 3.52. The average molecular weight is 397 g/mol. The molecule has 4 rings (SSSR count). The number of carbonyl (C=O) groups excluding carboxylic acids is 1. The molecule has 0 saturated carbocycles. The highest BCUT2D eigenvalue weighted by Crippen LogP contribution is 2.38. The summed E-state index contributed by atoms with van der Waals surface area (Å²) in [5.41, 5.74) is 0.725. The molecule has 1 aromatic heterocycles. The topological polar surface area (TPSA) is 69.0 Å². The first-order chi connectivity index (χ1) is 14.0. The first-order valence-corrected chi connectivity index (χ1v) is 9.34. The van der Waals surface area contributed by atoms with Crippen molar-refractivity contribution in [1.82, 2.24) is 4.90 Å². The van der Waals surface area contributed by atoms with E-state index in [0.717, 1.165) is 11.6 Å². The fourth-order valence-corrected chi connectivity index (χ4v) is 3.67. The highest BCUT2D eigenvalue weighted by Gasteiger charge is 2.42. The molecule has 2 aromatic carbocycles. The van der Waals surface area contributed by atoms with Gasteiger partial charge in [0.25, 0.3) is 5.91 Å². The maximum atomic E-state index is 13.7. The van der Waals surface area contributed by atoms with E-state index in [4.69, 9.17) is 13.9 Å². The summed E-state index contributed by atoms with van der Waals surface area (Å²) in [5.74, 6) is -0.247. The van der Waals surface area contributed by atoms with Gasteiger partial charge in [-0.05, 0) is 42.8 Å². The van der Waals surface area contributed by atoms with Gasteiger partial charge in [0.2, 0.25) is 5.76 Å². The molecule has 7 heteroatoms.